The van der Waals surface area contributed by atoms with Crippen molar-refractivity contribution in [3.8, 4) is 11.3 Å². The molecule has 1 aromatic heterocycles. The molecule has 19 heavy (non-hydrogen) atoms. The third-order valence-electron chi connectivity index (χ3n) is 3.64. The Balaban J connectivity index is 2.49. The Labute approximate surface area is 118 Å². The van der Waals surface area contributed by atoms with Crippen molar-refractivity contribution in [3.63, 3.8) is 0 Å². The molecule has 2 rings (SSSR count). The second kappa shape index (κ2) is 5.24. The first-order valence-corrected chi connectivity index (χ1v) is 6.53. The molecule has 0 aliphatic carbocycles. The maximum atomic E-state index is 6.22. The molecule has 0 atom stereocenters. The average Bonchev–Trinajstić information content (AvgIpc) is 2.39. The maximum Gasteiger partial charge on any atom is 0.0707 e. The van der Waals surface area contributed by atoms with Crippen LogP contribution in [0, 0.1) is 12.8 Å². The van der Waals surface area contributed by atoms with Gasteiger partial charge >= 0.3 is 0 Å². The van der Waals surface area contributed by atoms with Gasteiger partial charge in [-0.05, 0) is 24.6 Å². The van der Waals surface area contributed by atoms with Gasteiger partial charge in [0.25, 0.3) is 0 Å². The van der Waals surface area contributed by atoms with E-state index in [1.165, 1.54) is 5.56 Å². The minimum Gasteiger partial charge on any atom is -0.256 e. The second-order valence-electron chi connectivity index (χ2n) is 5.33. The van der Waals surface area contributed by atoms with Gasteiger partial charge in [0.05, 0.1) is 21.4 Å². The standard InChI is InChI=1S/C16H17B2N/c1-11(2)16(17,18)13-8-9-19-15(10-13)14-7-5-4-6-12(14)3/h4-11H,1-3H3. The van der Waals surface area contributed by atoms with Crippen LogP contribution in [0.25, 0.3) is 11.3 Å². The molecule has 1 aromatic carbocycles. The van der Waals surface area contributed by atoms with Crippen LogP contribution in [0.1, 0.15) is 25.0 Å². The largest absolute Gasteiger partial charge is 0.256 e. The third-order valence-corrected chi connectivity index (χ3v) is 3.64. The van der Waals surface area contributed by atoms with Gasteiger partial charge in [-0.2, -0.15) is 0 Å². The Kier molecular flexibility index (Phi) is 3.84. The first-order chi connectivity index (χ1) is 8.93. The van der Waals surface area contributed by atoms with Crippen molar-refractivity contribution in [2.75, 3.05) is 0 Å². The molecule has 1 heterocycles. The summed E-state index contributed by atoms with van der Waals surface area (Å²) in [7, 11) is 12.4. The molecule has 0 amide bonds. The summed E-state index contributed by atoms with van der Waals surface area (Å²) in [5.41, 5.74) is 4.13. The van der Waals surface area contributed by atoms with Gasteiger partial charge in [0.2, 0.25) is 0 Å². The van der Waals surface area contributed by atoms with Crippen molar-refractivity contribution in [2.45, 2.75) is 26.0 Å². The van der Waals surface area contributed by atoms with E-state index in [4.69, 9.17) is 15.7 Å². The summed E-state index contributed by atoms with van der Waals surface area (Å²) < 4.78 is 0. The minimum absolute atomic E-state index is 0.152. The van der Waals surface area contributed by atoms with Gasteiger partial charge < -0.3 is 0 Å². The molecule has 0 N–H and O–H groups in total. The van der Waals surface area contributed by atoms with Crippen LogP contribution in [0.3, 0.4) is 0 Å². The highest BCUT2D eigenvalue weighted by atomic mass is 14.7. The maximum absolute atomic E-state index is 6.22. The number of hydrogen-bond acceptors (Lipinski definition) is 1. The predicted octanol–water partition coefficient (Wildman–Crippen LogP) is 3.20. The Morgan fingerprint density at radius 2 is 1.79 bits per heavy atom. The normalized spacial score (nSPS) is 11.8. The quantitative estimate of drug-likeness (QED) is 0.756. The van der Waals surface area contributed by atoms with Gasteiger partial charge in [-0.1, -0.05) is 54.8 Å². The number of nitrogens with zero attached hydrogens (tertiary/aromatic N) is 1. The molecule has 1 nitrogen and oxygen atoms in total. The molecular weight excluding hydrogens is 228 g/mol. The Bertz CT molecular complexity index is 576. The number of aryl methyl sites for hydroxylation is 1. The van der Waals surface area contributed by atoms with Crippen molar-refractivity contribution < 1.29 is 0 Å². The van der Waals surface area contributed by atoms with Gasteiger partial charge in [-0.15, -0.1) is 0 Å². The van der Waals surface area contributed by atoms with Crippen LogP contribution in [0.2, 0.25) is 0 Å². The van der Waals surface area contributed by atoms with Crippen LogP contribution < -0.4 is 0 Å². The number of aromatic nitrogens is 1. The van der Waals surface area contributed by atoms with E-state index in [0.717, 1.165) is 16.8 Å². The van der Waals surface area contributed by atoms with Gasteiger partial charge in [-0.3, -0.25) is 4.98 Å². The fourth-order valence-electron chi connectivity index (χ4n) is 2.04. The van der Waals surface area contributed by atoms with Crippen LogP contribution >= 0.6 is 0 Å². The Morgan fingerprint density at radius 3 is 2.42 bits per heavy atom. The summed E-state index contributed by atoms with van der Waals surface area (Å²) in [5, 5.41) is -0.833. The van der Waals surface area contributed by atoms with Crippen LogP contribution in [0.4, 0.5) is 0 Å². The van der Waals surface area contributed by atoms with Crippen molar-refractivity contribution in [3.05, 3.63) is 53.7 Å². The van der Waals surface area contributed by atoms with E-state index in [1.807, 2.05) is 38.1 Å². The highest BCUT2D eigenvalue weighted by molar-refractivity contribution is 6.40. The summed E-state index contributed by atoms with van der Waals surface area (Å²) in [6.07, 6.45) is 1.77. The van der Waals surface area contributed by atoms with Gasteiger partial charge in [-0.25, -0.2) is 0 Å². The number of benzene rings is 1. The summed E-state index contributed by atoms with van der Waals surface area (Å²) in [6.45, 7) is 6.12. The molecule has 0 unspecified atom stereocenters. The fraction of sp³-hybridized carbons (Fsp3) is 0.312. The van der Waals surface area contributed by atoms with Crippen molar-refractivity contribution in [1.29, 1.82) is 0 Å². The molecule has 2 aromatic rings. The first kappa shape index (κ1) is 13.9. The van der Waals surface area contributed by atoms with Crippen molar-refractivity contribution in [2.24, 2.45) is 5.92 Å². The Hall–Kier alpha value is -1.50. The summed E-state index contributed by atoms with van der Waals surface area (Å²) in [6, 6.07) is 12.0. The lowest BCUT2D eigenvalue weighted by molar-refractivity contribution is 0.570. The predicted molar refractivity (Wildman–Crippen MR) is 82.4 cm³/mol. The SMILES string of the molecule is [B]C([B])(c1ccnc(-c2ccccc2C)c1)C(C)C. The van der Waals surface area contributed by atoms with E-state index in [1.54, 1.807) is 6.20 Å². The molecule has 0 saturated heterocycles. The highest BCUT2D eigenvalue weighted by Gasteiger charge is 2.24. The van der Waals surface area contributed by atoms with Gasteiger partial charge in [0, 0.05) is 11.8 Å². The molecule has 3 heteroatoms. The number of hydrogen-bond donors (Lipinski definition) is 0. The summed E-state index contributed by atoms with van der Waals surface area (Å²) in [4.78, 5) is 4.43. The first-order valence-electron chi connectivity index (χ1n) is 6.53. The van der Waals surface area contributed by atoms with E-state index in [2.05, 4.69) is 24.0 Å². The molecule has 4 radical (unpaired) electrons. The van der Waals surface area contributed by atoms with E-state index in [9.17, 15) is 0 Å². The molecule has 0 aliphatic rings. The van der Waals surface area contributed by atoms with Crippen LogP contribution in [0.15, 0.2) is 42.6 Å². The minimum atomic E-state index is -0.833. The van der Waals surface area contributed by atoms with E-state index in [0.29, 0.717) is 0 Å². The van der Waals surface area contributed by atoms with E-state index in [-0.39, 0.29) is 5.92 Å². The summed E-state index contributed by atoms with van der Waals surface area (Å²) >= 11 is 0. The van der Waals surface area contributed by atoms with E-state index >= 15 is 0 Å². The molecule has 0 spiro atoms. The lowest BCUT2D eigenvalue weighted by atomic mass is 9.46. The number of rotatable bonds is 3. The highest BCUT2D eigenvalue weighted by Crippen LogP contribution is 2.29. The lowest BCUT2D eigenvalue weighted by Gasteiger charge is -2.31. The molecule has 0 saturated carbocycles. The van der Waals surface area contributed by atoms with Crippen LogP contribution in [0.5, 0.6) is 0 Å². The molecule has 0 fully saturated rings. The van der Waals surface area contributed by atoms with Gasteiger partial charge in [0.15, 0.2) is 0 Å². The topological polar surface area (TPSA) is 12.9 Å². The smallest absolute Gasteiger partial charge is 0.0707 e. The Morgan fingerprint density at radius 1 is 1.11 bits per heavy atom. The third kappa shape index (κ3) is 2.75. The van der Waals surface area contributed by atoms with Crippen LogP contribution in [-0.2, 0) is 5.21 Å². The summed E-state index contributed by atoms with van der Waals surface area (Å²) in [5.74, 6) is 0.152. The molecular formula is C16H17B2N. The van der Waals surface area contributed by atoms with Crippen LogP contribution in [-0.4, -0.2) is 20.7 Å². The zero-order valence-corrected chi connectivity index (χ0v) is 11.7. The van der Waals surface area contributed by atoms with E-state index < -0.39 is 5.21 Å². The molecule has 92 valence electrons. The van der Waals surface area contributed by atoms with Crippen molar-refractivity contribution in [1.82, 2.24) is 4.98 Å². The monoisotopic (exact) mass is 245 g/mol. The second-order valence-corrected chi connectivity index (χ2v) is 5.33. The average molecular weight is 245 g/mol. The van der Waals surface area contributed by atoms with Crippen molar-refractivity contribution >= 4 is 15.7 Å². The zero-order valence-electron chi connectivity index (χ0n) is 11.7. The molecule has 0 aliphatic heterocycles. The zero-order chi connectivity index (χ0) is 14.0. The lowest BCUT2D eigenvalue weighted by Crippen LogP contribution is -2.33. The number of pyridine rings is 1. The van der Waals surface area contributed by atoms with Gasteiger partial charge in [0.1, 0.15) is 0 Å². The molecule has 0 bridgehead atoms. The fourth-order valence-corrected chi connectivity index (χ4v) is 2.04.